The van der Waals surface area contributed by atoms with Gasteiger partial charge in [0.05, 0.1) is 0 Å². The summed E-state index contributed by atoms with van der Waals surface area (Å²) in [6.45, 7) is 1.57. The van der Waals surface area contributed by atoms with E-state index in [1.807, 2.05) is 0 Å². The van der Waals surface area contributed by atoms with Gasteiger partial charge in [-0.25, -0.2) is 6.29 Å². The SMILES string of the molecule is CCC([O-])[O-].O.O.O.[Na+].[Na+]. The number of rotatable bonds is 1. The molecular weight excluding hydrogens is 162 g/mol. The smallest absolute Gasteiger partial charge is 0.865 e. The Morgan fingerprint density at radius 2 is 1.10 bits per heavy atom. The van der Waals surface area contributed by atoms with Gasteiger partial charge < -0.3 is 26.6 Å². The molecule has 0 aromatic carbocycles. The van der Waals surface area contributed by atoms with Crippen LogP contribution in [-0.4, -0.2) is 22.7 Å². The Morgan fingerprint density at radius 1 is 1.00 bits per heavy atom. The van der Waals surface area contributed by atoms with E-state index in [1.165, 1.54) is 0 Å². The van der Waals surface area contributed by atoms with Crippen molar-refractivity contribution < 1.29 is 85.8 Å². The first-order valence-electron chi connectivity index (χ1n) is 1.59. The third-order valence-electron chi connectivity index (χ3n) is 0.333. The van der Waals surface area contributed by atoms with E-state index < -0.39 is 6.29 Å². The standard InChI is InChI=1S/C3H6O2.2Na.3H2O/c1-2-3(4)5;;;;;/h3H,2H2,1H3;;;3*1H2/q-2;2*+1;;;. The maximum absolute atomic E-state index is 9.34. The van der Waals surface area contributed by atoms with Gasteiger partial charge in [0.25, 0.3) is 0 Å². The first-order chi connectivity index (χ1) is 2.27. The molecule has 0 amide bonds. The molecule has 0 atom stereocenters. The van der Waals surface area contributed by atoms with Crippen molar-refractivity contribution in [2.24, 2.45) is 0 Å². The minimum Gasteiger partial charge on any atom is -0.865 e. The monoisotopic (exact) mass is 174 g/mol. The van der Waals surface area contributed by atoms with Crippen LogP contribution >= 0.6 is 0 Å². The van der Waals surface area contributed by atoms with Gasteiger partial charge in [-0.05, 0) is 0 Å². The summed E-state index contributed by atoms with van der Waals surface area (Å²) in [6.07, 6.45) is -1.42. The van der Waals surface area contributed by atoms with Crippen molar-refractivity contribution in [2.75, 3.05) is 0 Å². The summed E-state index contributed by atoms with van der Waals surface area (Å²) < 4.78 is 0. The normalized spacial score (nSPS) is 4.80. The summed E-state index contributed by atoms with van der Waals surface area (Å²) in [5, 5.41) is 18.7. The van der Waals surface area contributed by atoms with Crippen LogP contribution in [-0.2, 0) is 0 Å². The van der Waals surface area contributed by atoms with E-state index in [9.17, 15) is 10.2 Å². The van der Waals surface area contributed by atoms with E-state index in [4.69, 9.17) is 0 Å². The fourth-order valence-electron chi connectivity index (χ4n) is 0. The Kier molecular flexibility index (Phi) is 126. The van der Waals surface area contributed by atoms with Gasteiger partial charge in [-0.3, -0.25) is 0 Å². The van der Waals surface area contributed by atoms with E-state index in [0.717, 1.165) is 0 Å². The van der Waals surface area contributed by atoms with Crippen molar-refractivity contribution in [1.29, 1.82) is 0 Å². The Labute approximate surface area is 104 Å². The summed E-state index contributed by atoms with van der Waals surface area (Å²) in [4.78, 5) is 0. The first-order valence-corrected chi connectivity index (χ1v) is 1.59. The third-order valence-corrected chi connectivity index (χ3v) is 0.333. The van der Waals surface area contributed by atoms with E-state index in [2.05, 4.69) is 0 Å². The molecule has 0 rings (SSSR count). The maximum Gasteiger partial charge on any atom is 1.00 e. The van der Waals surface area contributed by atoms with Crippen LogP contribution in [0.25, 0.3) is 0 Å². The van der Waals surface area contributed by atoms with Crippen LogP contribution in [0.5, 0.6) is 0 Å². The molecule has 56 valence electrons. The van der Waals surface area contributed by atoms with E-state index >= 15 is 0 Å². The zero-order valence-corrected chi connectivity index (χ0v) is 10.6. The van der Waals surface area contributed by atoms with E-state index in [0.29, 0.717) is 0 Å². The molecule has 0 unspecified atom stereocenters. The molecule has 0 aliphatic heterocycles. The van der Waals surface area contributed by atoms with Crippen molar-refractivity contribution >= 4 is 0 Å². The molecule has 6 N–H and O–H groups in total. The molecule has 0 aliphatic carbocycles. The van der Waals surface area contributed by atoms with Crippen LogP contribution in [0.15, 0.2) is 0 Å². The fourth-order valence-corrected chi connectivity index (χ4v) is 0. The van der Waals surface area contributed by atoms with E-state index in [-0.39, 0.29) is 82.0 Å². The summed E-state index contributed by atoms with van der Waals surface area (Å²) in [7, 11) is 0. The predicted molar refractivity (Wildman–Crippen MR) is 24.9 cm³/mol. The van der Waals surface area contributed by atoms with Gasteiger partial charge in [0, 0.05) is 0 Å². The third kappa shape index (κ3) is 52.6. The van der Waals surface area contributed by atoms with E-state index in [1.54, 1.807) is 6.92 Å². The van der Waals surface area contributed by atoms with Crippen molar-refractivity contribution in [3.63, 3.8) is 0 Å². The van der Waals surface area contributed by atoms with Crippen LogP contribution in [0, 0.1) is 0 Å². The minimum atomic E-state index is -1.62. The van der Waals surface area contributed by atoms with Gasteiger partial charge in [0.2, 0.25) is 0 Å². The Bertz CT molecular complexity index is 28.9. The predicted octanol–water partition coefficient (Wildman–Crippen LogP) is -10.0. The second-order valence-corrected chi connectivity index (χ2v) is 0.838. The van der Waals surface area contributed by atoms with Crippen molar-refractivity contribution in [3.05, 3.63) is 0 Å². The Morgan fingerprint density at radius 3 is 1.10 bits per heavy atom. The maximum atomic E-state index is 9.34. The molecule has 0 bridgehead atoms. The Balaban J connectivity index is -0.00000000800. The molecule has 0 aliphatic rings. The fraction of sp³-hybridized carbons (Fsp3) is 1.00. The molecule has 0 saturated heterocycles. The molecule has 0 fully saturated rings. The molecule has 0 aromatic rings. The molecule has 10 heavy (non-hydrogen) atoms. The van der Waals surface area contributed by atoms with Crippen LogP contribution in [0.1, 0.15) is 13.3 Å². The van der Waals surface area contributed by atoms with Gasteiger partial charge in [0.15, 0.2) is 0 Å². The zero-order valence-electron chi connectivity index (χ0n) is 6.60. The Hall–Kier alpha value is 1.80. The van der Waals surface area contributed by atoms with Crippen molar-refractivity contribution in [1.82, 2.24) is 0 Å². The second kappa shape index (κ2) is 30.8. The summed E-state index contributed by atoms with van der Waals surface area (Å²) >= 11 is 0. The number of hydrogen-bond donors (Lipinski definition) is 0. The van der Waals surface area contributed by atoms with Crippen LogP contribution in [0.4, 0.5) is 0 Å². The van der Waals surface area contributed by atoms with Crippen molar-refractivity contribution in [2.45, 2.75) is 19.6 Å². The number of hydrogen-bond acceptors (Lipinski definition) is 2. The van der Waals surface area contributed by atoms with Crippen LogP contribution in [0.2, 0.25) is 0 Å². The first kappa shape index (κ1) is 40.9. The van der Waals surface area contributed by atoms with Gasteiger partial charge in [-0.2, -0.15) is 0 Å². The average Bonchev–Trinajstić information content (AvgIpc) is 1.38. The minimum absolute atomic E-state index is 0. The molecule has 0 aromatic heterocycles. The van der Waals surface area contributed by atoms with Gasteiger partial charge >= 0.3 is 59.1 Å². The van der Waals surface area contributed by atoms with Crippen molar-refractivity contribution in [3.8, 4) is 0 Å². The van der Waals surface area contributed by atoms with Gasteiger partial charge in [0.1, 0.15) is 0 Å². The van der Waals surface area contributed by atoms with Crippen LogP contribution in [0.3, 0.4) is 0 Å². The largest absolute Gasteiger partial charge is 1.00 e. The van der Waals surface area contributed by atoms with Crippen LogP contribution < -0.4 is 69.3 Å². The molecule has 0 heterocycles. The molecular formula is C3H12Na2O5. The molecule has 0 saturated carbocycles. The molecule has 0 spiro atoms. The summed E-state index contributed by atoms with van der Waals surface area (Å²) in [5.41, 5.74) is 0. The quantitative estimate of drug-likeness (QED) is 0.287. The average molecular weight is 174 g/mol. The zero-order chi connectivity index (χ0) is 4.28. The van der Waals surface area contributed by atoms with Gasteiger partial charge in [-0.1, -0.05) is 13.3 Å². The molecule has 5 nitrogen and oxygen atoms in total. The molecule has 0 radical (unpaired) electrons. The second-order valence-electron chi connectivity index (χ2n) is 0.838. The summed E-state index contributed by atoms with van der Waals surface area (Å²) in [6, 6.07) is 0. The topological polar surface area (TPSA) is 141 Å². The summed E-state index contributed by atoms with van der Waals surface area (Å²) in [5.74, 6) is 0. The van der Waals surface area contributed by atoms with Gasteiger partial charge in [-0.15, -0.1) is 0 Å². The molecule has 7 heteroatoms.